The Balaban J connectivity index is 1.94. The molecular formula is C11H20O3S. The summed E-state index contributed by atoms with van der Waals surface area (Å²) < 4.78 is 26.8. The number of hydrogen-bond donors (Lipinski definition) is 0. The lowest BCUT2D eigenvalue weighted by Gasteiger charge is -2.60. The van der Waals surface area contributed by atoms with Crippen molar-refractivity contribution in [3.05, 3.63) is 0 Å². The molecule has 0 radical (unpaired) electrons. The SMILES string of the molecule is CC1(C)[C@@H]2CC[C@H](COS(C)(=O)=O)[C@H]1C2. The van der Waals surface area contributed by atoms with E-state index in [0.717, 1.165) is 18.6 Å². The van der Waals surface area contributed by atoms with Gasteiger partial charge in [-0.3, -0.25) is 4.18 Å². The van der Waals surface area contributed by atoms with E-state index < -0.39 is 10.1 Å². The van der Waals surface area contributed by atoms with E-state index in [1.807, 2.05) is 0 Å². The zero-order valence-corrected chi connectivity index (χ0v) is 10.5. The molecule has 3 rings (SSSR count). The first kappa shape index (κ1) is 11.4. The van der Waals surface area contributed by atoms with Crippen LogP contribution in [0.1, 0.15) is 33.1 Å². The monoisotopic (exact) mass is 232 g/mol. The average Bonchev–Trinajstić information content (AvgIpc) is 2.13. The highest BCUT2D eigenvalue weighted by atomic mass is 32.2. The van der Waals surface area contributed by atoms with Gasteiger partial charge < -0.3 is 0 Å². The quantitative estimate of drug-likeness (QED) is 0.699. The zero-order valence-electron chi connectivity index (χ0n) is 9.69. The number of fused-ring (bicyclic) bond motifs is 2. The molecular weight excluding hydrogens is 212 g/mol. The van der Waals surface area contributed by atoms with Gasteiger partial charge in [0.1, 0.15) is 0 Å². The maximum atomic E-state index is 10.9. The highest BCUT2D eigenvalue weighted by molar-refractivity contribution is 7.85. The van der Waals surface area contributed by atoms with Gasteiger partial charge in [-0.1, -0.05) is 13.8 Å². The molecule has 3 aliphatic carbocycles. The Bertz CT molecular complexity index is 343. The smallest absolute Gasteiger partial charge is 0.264 e. The van der Waals surface area contributed by atoms with Crippen LogP contribution >= 0.6 is 0 Å². The molecule has 0 aromatic heterocycles. The van der Waals surface area contributed by atoms with Gasteiger partial charge in [-0.25, -0.2) is 0 Å². The summed E-state index contributed by atoms with van der Waals surface area (Å²) in [6, 6.07) is 0. The summed E-state index contributed by atoms with van der Waals surface area (Å²) in [5.74, 6) is 1.97. The summed E-state index contributed by atoms with van der Waals surface area (Å²) in [6.45, 7) is 5.00. The van der Waals surface area contributed by atoms with Crippen molar-refractivity contribution in [1.82, 2.24) is 0 Å². The Hall–Kier alpha value is -0.0900. The van der Waals surface area contributed by atoms with Gasteiger partial charge in [0.25, 0.3) is 10.1 Å². The predicted molar refractivity (Wildman–Crippen MR) is 58.9 cm³/mol. The topological polar surface area (TPSA) is 43.4 Å². The fourth-order valence-electron chi connectivity index (χ4n) is 3.37. The third-order valence-corrected chi connectivity index (χ3v) is 5.06. The van der Waals surface area contributed by atoms with Crippen molar-refractivity contribution >= 4 is 10.1 Å². The van der Waals surface area contributed by atoms with Gasteiger partial charge in [-0.2, -0.15) is 8.42 Å². The first-order valence-corrected chi connectivity index (χ1v) is 7.47. The highest BCUT2D eigenvalue weighted by Gasteiger charge is 2.54. The van der Waals surface area contributed by atoms with E-state index >= 15 is 0 Å². The first-order valence-electron chi connectivity index (χ1n) is 5.65. The molecule has 0 aliphatic heterocycles. The van der Waals surface area contributed by atoms with Gasteiger partial charge in [0.05, 0.1) is 12.9 Å². The van der Waals surface area contributed by atoms with E-state index in [4.69, 9.17) is 4.18 Å². The second kappa shape index (κ2) is 3.45. The Morgan fingerprint density at radius 2 is 2.00 bits per heavy atom. The number of rotatable bonds is 3. The minimum atomic E-state index is -3.27. The van der Waals surface area contributed by atoms with Crippen LogP contribution in [-0.2, 0) is 14.3 Å². The Morgan fingerprint density at radius 1 is 1.33 bits per heavy atom. The molecule has 0 aromatic carbocycles. The summed E-state index contributed by atoms with van der Waals surface area (Å²) in [5.41, 5.74) is 0.407. The van der Waals surface area contributed by atoms with Crippen molar-refractivity contribution in [2.24, 2.45) is 23.2 Å². The summed E-state index contributed by atoms with van der Waals surface area (Å²) in [7, 11) is -3.27. The molecule has 2 bridgehead atoms. The summed E-state index contributed by atoms with van der Waals surface area (Å²) >= 11 is 0. The zero-order chi connectivity index (χ0) is 11.3. The minimum absolute atomic E-state index is 0.389. The molecule has 0 heterocycles. The summed E-state index contributed by atoms with van der Waals surface area (Å²) in [6.07, 6.45) is 4.77. The maximum absolute atomic E-state index is 10.9. The van der Waals surface area contributed by atoms with Crippen molar-refractivity contribution in [2.45, 2.75) is 33.1 Å². The lowest BCUT2D eigenvalue weighted by atomic mass is 9.46. The van der Waals surface area contributed by atoms with E-state index in [0.29, 0.717) is 23.9 Å². The van der Waals surface area contributed by atoms with E-state index in [9.17, 15) is 8.42 Å². The normalized spacial score (nSPS) is 38.5. The lowest BCUT2D eigenvalue weighted by Crippen LogP contribution is -2.53. The first-order chi connectivity index (χ1) is 6.81. The van der Waals surface area contributed by atoms with Crippen molar-refractivity contribution in [3.63, 3.8) is 0 Å². The predicted octanol–water partition coefficient (Wildman–Crippen LogP) is 2.03. The molecule has 0 unspecified atom stereocenters. The molecule has 88 valence electrons. The van der Waals surface area contributed by atoms with Crippen molar-refractivity contribution in [3.8, 4) is 0 Å². The Kier molecular flexibility index (Phi) is 2.62. The molecule has 3 saturated carbocycles. The van der Waals surface area contributed by atoms with Crippen molar-refractivity contribution in [1.29, 1.82) is 0 Å². The molecule has 0 amide bonds. The van der Waals surface area contributed by atoms with Crippen LogP contribution < -0.4 is 0 Å². The Labute approximate surface area is 92.3 Å². The third-order valence-electron chi connectivity index (χ3n) is 4.50. The maximum Gasteiger partial charge on any atom is 0.264 e. The van der Waals surface area contributed by atoms with Crippen molar-refractivity contribution < 1.29 is 12.6 Å². The van der Waals surface area contributed by atoms with Crippen LogP contribution in [0.25, 0.3) is 0 Å². The average molecular weight is 232 g/mol. The summed E-state index contributed by atoms with van der Waals surface area (Å²) in [4.78, 5) is 0. The van der Waals surface area contributed by atoms with Crippen molar-refractivity contribution in [2.75, 3.05) is 12.9 Å². The fourth-order valence-corrected chi connectivity index (χ4v) is 3.79. The van der Waals surface area contributed by atoms with E-state index in [-0.39, 0.29) is 0 Å². The molecule has 4 heteroatoms. The summed E-state index contributed by atoms with van der Waals surface area (Å²) in [5, 5.41) is 0. The van der Waals surface area contributed by atoms with E-state index in [1.54, 1.807) is 0 Å². The highest BCUT2D eigenvalue weighted by Crippen LogP contribution is 2.61. The molecule has 3 nitrogen and oxygen atoms in total. The standard InChI is InChI=1S/C11H20O3S/c1-11(2)9-5-4-8(10(11)6-9)7-14-15(3,12)13/h8-10H,4-7H2,1-3H3/t8-,9-,10-/m1/s1. The van der Waals surface area contributed by atoms with Crippen LogP contribution in [0.3, 0.4) is 0 Å². The molecule has 3 fully saturated rings. The fraction of sp³-hybridized carbons (Fsp3) is 1.00. The second-order valence-corrected chi connectivity index (χ2v) is 7.33. The van der Waals surface area contributed by atoms with Gasteiger partial charge in [0, 0.05) is 0 Å². The van der Waals surface area contributed by atoms with Crippen LogP contribution in [0.15, 0.2) is 0 Å². The van der Waals surface area contributed by atoms with Gasteiger partial charge in [0.15, 0.2) is 0 Å². The van der Waals surface area contributed by atoms with Crippen LogP contribution in [0, 0.1) is 23.2 Å². The van der Waals surface area contributed by atoms with Crippen LogP contribution in [0.5, 0.6) is 0 Å². The van der Waals surface area contributed by atoms with Gasteiger partial charge >= 0.3 is 0 Å². The third kappa shape index (κ3) is 2.07. The molecule has 3 aliphatic rings. The van der Waals surface area contributed by atoms with Crippen LogP contribution in [0.4, 0.5) is 0 Å². The van der Waals surface area contributed by atoms with Gasteiger partial charge in [0.2, 0.25) is 0 Å². The van der Waals surface area contributed by atoms with Gasteiger partial charge in [-0.15, -0.1) is 0 Å². The van der Waals surface area contributed by atoms with E-state index in [2.05, 4.69) is 13.8 Å². The molecule has 15 heavy (non-hydrogen) atoms. The van der Waals surface area contributed by atoms with Crippen LogP contribution in [0.2, 0.25) is 0 Å². The Morgan fingerprint density at radius 3 is 2.47 bits per heavy atom. The second-order valence-electron chi connectivity index (χ2n) is 5.69. The largest absolute Gasteiger partial charge is 0.270 e. The van der Waals surface area contributed by atoms with Crippen LogP contribution in [-0.4, -0.2) is 21.3 Å². The lowest BCUT2D eigenvalue weighted by molar-refractivity contribution is -0.113. The minimum Gasteiger partial charge on any atom is -0.270 e. The molecule has 0 N–H and O–H groups in total. The molecule has 0 aromatic rings. The number of hydrogen-bond acceptors (Lipinski definition) is 3. The molecule has 0 spiro atoms. The van der Waals surface area contributed by atoms with E-state index in [1.165, 1.54) is 12.8 Å². The molecule has 3 atom stereocenters. The van der Waals surface area contributed by atoms with Gasteiger partial charge in [-0.05, 0) is 42.4 Å². The molecule has 0 saturated heterocycles.